The molecule has 2 aromatic rings. The zero-order valence-electron chi connectivity index (χ0n) is 19.7. The number of H-pyrrole nitrogens is 1. The second kappa shape index (κ2) is 10.1. The van der Waals surface area contributed by atoms with E-state index in [-0.39, 0.29) is 30.4 Å². The molecule has 0 spiro atoms. The van der Waals surface area contributed by atoms with Crippen LogP contribution in [-0.2, 0) is 0 Å². The number of hydrogen-bond donors (Lipinski definition) is 3. The first kappa shape index (κ1) is 25.3. The summed E-state index contributed by atoms with van der Waals surface area (Å²) in [6.45, 7) is 3.84. The SMILES string of the molecule is C[C@H]1CN(c2cc(F)c(C3=CCN(C(=O)O)C3)cc2NC(=O)c2c[nH]c(=O)cc2C(F)F)CCN1C. The number of rotatable bonds is 5. The average Bonchev–Trinajstić information content (AvgIpc) is 3.32. The fourth-order valence-electron chi connectivity index (χ4n) is 4.39. The summed E-state index contributed by atoms with van der Waals surface area (Å²) in [7, 11) is 1.97. The number of alkyl halides is 2. The lowest BCUT2D eigenvalue weighted by Crippen LogP contribution is -2.50. The number of amides is 2. The number of nitrogens with one attached hydrogen (secondary N) is 2. The molecule has 2 aliphatic heterocycles. The van der Waals surface area contributed by atoms with Crippen LogP contribution in [0.15, 0.2) is 35.3 Å². The van der Waals surface area contributed by atoms with E-state index in [1.807, 2.05) is 18.9 Å². The summed E-state index contributed by atoms with van der Waals surface area (Å²) in [4.78, 5) is 43.3. The van der Waals surface area contributed by atoms with Crippen molar-refractivity contribution < 1.29 is 27.9 Å². The summed E-state index contributed by atoms with van der Waals surface area (Å²) >= 11 is 0. The van der Waals surface area contributed by atoms with Crippen LogP contribution >= 0.6 is 0 Å². The minimum Gasteiger partial charge on any atom is -0.465 e. The minimum atomic E-state index is -3.06. The Bertz CT molecular complexity index is 1280. The largest absolute Gasteiger partial charge is 0.465 e. The Kier molecular flexibility index (Phi) is 7.07. The van der Waals surface area contributed by atoms with Gasteiger partial charge in [0.1, 0.15) is 5.82 Å². The van der Waals surface area contributed by atoms with Gasteiger partial charge in [-0.05, 0) is 31.7 Å². The van der Waals surface area contributed by atoms with Crippen molar-refractivity contribution >= 4 is 28.9 Å². The minimum absolute atomic E-state index is 0.0278. The smallest absolute Gasteiger partial charge is 0.407 e. The highest BCUT2D eigenvalue weighted by atomic mass is 19.3. The van der Waals surface area contributed by atoms with E-state index in [0.29, 0.717) is 37.0 Å². The van der Waals surface area contributed by atoms with Gasteiger partial charge in [0.2, 0.25) is 5.56 Å². The Hall–Kier alpha value is -3.80. The number of benzene rings is 1. The molecular weight excluding hydrogens is 479 g/mol. The van der Waals surface area contributed by atoms with Gasteiger partial charge in [0.15, 0.2) is 0 Å². The number of halogens is 3. The van der Waals surface area contributed by atoms with Crippen molar-refractivity contribution in [2.24, 2.45) is 0 Å². The molecule has 2 amide bonds. The predicted octanol–water partition coefficient (Wildman–Crippen LogP) is 3.22. The molecule has 192 valence electrons. The standard InChI is InChI=1S/C24H26F3N5O4/c1-13-11-31(6-5-30(13)2)20-9-18(25)15(14-3-4-32(12-14)24(35)36)7-19(20)29-23(34)17-10-28-21(33)8-16(17)22(26)27/h3,7-10,13,22H,4-6,11-12H2,1-2H3,(H,28,33)(H,29,34)(H,35,36)/t13-/m0/s1. The van der Waals surface area contributed by atoms with Crippen LogP contribution in [0, 0.1) is 5.82 Å². The van der Waals surface area contributed by atoms with Gasteiger partial charge in [0.05, 0.1) is 16.9 Å². The number of carbonyl (C=O) groups excluding carboxylic acids is 1. The van der Waals surface area contributed by atoms with Gasteiger partial charge < -0.3 is 30.1 Å². The lowest BCUT2D eigenvalue weighted by Gasteiger charge is -2.39. The van der Waals surface area contributed by atoms with Crippen LogP contribution in [0.5, 0.6) is 0 Å². The highest BCUT2D eigenvalue weighted by Crippen LogP contribution is 2.35. The molecule has 1 aromatic heterocycles. The topological polar surface area (TPSA) is 109 Å². The maximum atomic E-state index is 15.3. The zero-order valence-corrected chi connectivity index (χ0v) is 19.7. The van der Waals surface area contributed by atoms with Crippen molar-refractivity contribution in [1.29, 1.82) is 0 Å². The lowest BCUT2D eigenvalue weighted by atomic mass is 10.0. The monoisotopic (exact) mass is 505 g/mol. The third-order valence-corrected chi connectivity index (χ3v) is 6.61. The number of carbonyl (C=O) groups is 2. The number of aromatic nitrogens is 1. The van der Waals surface area contributed by atoms with Crippen molar-refractivity contribution in [2.75, 3.05) is 50.0 Å². The molecule has 36 heavy (non-hydrogen) atoms. The van der Waals surface area contributed by atoms with E-state index >= 15 is 4.39 Å². The molecule has 1 aromatic carbocycles. The molecule has 1 fully saturated rings. The van der Waals surface area contributed by atoms with Crippen molar-refractivity contribution in [2.45, 2.75) is 19.4 Å². The van der Waals surface area contributed by atoms with Crippen LogP contribution in [0.2, 0.25) is 0 Å². The zero-order chi connectivity index (χ0) is 26.1. The summed E-state index contributed by atoms with van der Waals surface area (Å²) in [5.41, 5.74) is -0.796. The van der Waals surface area contributed by atoms with E-state index < -0.39 is 40.9 Å². The molecule has 12 heteroatoms. The first-order chi connectivity index (χ1) is 17.0. The van der Waals surface area contributed by atoms with Gasteiger partial charge in [0.25, 0.3) is 12.3 Å². The number of nitrogens with zero attached hydrogens (tertiary/aromatic N) is 3. The summed E-state index contributed by atoms with van der Waals surface area (Å²) in [6.07, 6.45) is -1.69. The Morgan fingerprint density at radius 1 is 1.22 bits per heavy atom. The fourth-order valence-corrected chi connectivity index (χ4v) is 4.39. The second-order valence-electron chi connectivity index (χ2n) is 8.94. The Balaban J connectivity index is 1.74. The molecule has 1 atom stereocenters. The molecule has 0 aliphatic carbocycles. The summed E-state index contributed by atoms with van der Waals surface area (Å²) < 4.78 is 42.4. The molecular formula is C24H26F3N5O4. The van der Waals surface area contributed by atoms with Crippen LogP contribution < -0.4 is 15.8 Å². The maximum Gasteiger partial charge on any atom is 0.407 e. The van der Waals surface area contributed by atoms with Crippen molar-refractivity contribution in [3.8, 4) is 0 Å². The highest BCUT2D eigenvalue weighted by Gasteiger charge is 2.28. The Morgan fingerprint density at radius 2 is 1.97 bits per heavy atom. The summed E-state index contributed by atoms with van der Waals surface area (Å²) in [5, 5.41) is 11.9. The van der Waals surface area contributed by atoms with Crippen molar-refractivity contribution in [3.63, 3.8) is 0 Å². The molecule has 0 bridgehead atoms. The molecule has 3 heterocycles. The third-order valence-electron chi connectivity index (χ3n) is 6.61. The number of likely N-dealkylation sites (N-methyl/N-ethyl adjacent to an activating group) is 1. The average molecular weight is 505 g/mol. The predicted molar refractivity (Wildman–Crippen MR) is 128 cm³/mol. The van der Waals surface area contributed by atoms with Crippen LogP contribution in [0.1, 0.15) is 34.8 Å². The molecule has 1 saturated heterocycles. The third kappa shape index (κ3) is 5.08. The van der Waals surface area contributed by atoms with E-state index in [2.05, 4.69) is 15.2 Å². The fraction of sp³-hybridized carbons (Fsp3) is 0.375. The van der Waals surface area contributed by atoms with E-state index in [0.717, 1.165) is 11.1 Å². The Labute approximate surface area is 204 Å². The van der Waals surface area contributed by atoms with E-state index in [1.165, 1.54) is 12.1 Å². The van der Waals surface area contributed by atoms with Gasteiger partial charge in [0, 0.05) is 62.2 Å². The number of pyridine rings is 1. The second-order valence-corrected chi connectivity index (χ2v) is 8.94. The number of anilines is 2. The summed E-state index contributed by atoms with van der Waals surface area (Å²) in [5.74, 6) is -1.49. The van der Waals surface area contributed by atoms with E-state index in [4.69, 9.17) is 0 Å². The van der Waals surface area contributed by atoms with Crippen molar-refractivity contribution in [1.82, 2.24) is 14.8 Å². The molecule has 0 radical (unpaired) electrons. The van der Waals surface area contributed by atoms with E-state index in [1.54, 1.807) is 6.08 Å². The molecule has 9 nitrogen and oxygen atoms in total. The van der Waals surface area contributed by atoms with Gasteiger partial charge >= 0.3 is 6.09 Å². The van der Waals surface area contributed by atoms with Crippen LogP contribution in [0.4, 0.5) is 29.3 Å². The van der Waals surface area contributed by atoms with Crippen LogP contribution in [0.25, 0.3) is 5.57 Å². The van der Waals surface area contributed by atoms with Crippen molar-refractivity contribution in [3.05, 3.63) is 63.3 Å². The highest BCUT2D eigenvalue weighted by molar-refractivity contribution is 6.07. The van der Waals surface area contributed by atoms with Gasteiger partial charge in [-0.2, -0.15) is 0 Å². The van der Waals surface area contributed by atoms with Gasteiger partial charge in [-0.15, -0.1) is 0 Å². The molecule has 2 aliphatic rings. The first-order valence-corrected chi connectivity index (χ1v) is 11.3. The molecule has 0 saturated carbocycles. The Morgan fingerprint density at radius 3 is 2.61 bits per heavy atom. The normalized spacial score (nSPS) is 18.5. The number of aromatic amines is 1. The number of carboxylic acid groups (broad SMARTS) is 1. The van der Waals surface area contributed by atoms with Crippen LogP contribution in [-0.4, -0.2) is 77.7 Å². The van der Waals surface area contributed by atoms with E-state index in [9.17, 15) is 28.3 Å². The van der Waals surface area contributed by atoms with Crippen LogP contribution in [0.3, 0.4) is 0 Å². The molecule has 4 rings (SSSR count). The summed E-state index contributed by atoms with van der Waals surface area (Å²) in [6, 6.07) is 3.48. The number of piperazine rings is 1. The van der Waals surface area contributed by atoms with Gasteiger partial charge in [-0.3, -0.25) is 9.59 Å². The molecule has 3 N–H and O–H groups in total. The quantitative estimate of drug-likeness (QED) is 0.576. The molecule has 0 unspecified atom stereocenters. The maximum absolute atomic E-state index is 15.3. The number of hydrogen-bond acceptors (Lipinski definition) is 5. The van der Waals surface area contributed by atoms with Gasteiger partial charge in [-0.25, -0.2) is 18.0 Å². The lowest BCUT2D eigenvalue weighted by molar-refractivity contribution is 0.101. The first-order valence-electron chi connectivity index (χ1n) is 11.3. The van der Waals surface area contributed by atoms with Gasteiger partial charge in [-0.1, -0.05) is 6.08 Å².